The highest BCUT2D eigenvalue weighted by Gasteiger charge is 2.22. The highest BCUT2D eigenvalue weighted by atomic mass is 16.4. The third kappa shape index (κ3) is 5.17. The number of aromatic carboxylic acids is 1. The van der Waals surface area contributed by atoms with Gasteiger partial charge < -0.3 is 15.1 Å². The maximum atomic E-state index is 13.2. The summed E-state index contributed by atoms with van der Waals surface area (Å²) in [5.74, 6) is -1.45. The van der Waals surface area contributed by atoms with Crippen LogP contribution in [0.4, 0.5) is 5.69 Å². The molecule has 0 spiro atoms. The van der Waals surface area contributed by atoms with Crippen molar-refractivity contribution in [3.8, 4) is 0 Å². The zero-order valence-electron chi connectivity index (χ0n) is 15.9. The number of rotatable bonds is 10. The van der Waals surface area contributed by atoms with Gasteiger partial charge in [-0.05, 0) is 31.0 Å². The molecule has 0 heterocycles. The minimum absolute atomic E-state index is 0.00833. The van der Waals surface area contributed by atoms with Gasteiger partial charge in [-0.25, -0.2) is 4.79 Å². The fourth-order valence-corrected chi connectivity index (χ4v) is 3.00. The quantitative estimate of drug-likeness (QED) is 0.619. The minimum atomic E-state index is -1.12. The predicted molar refractivity (Wildman–Crippen MR) is 107 cm³/mol. The van der Waals surface area contributed by atoms with Crippen LogP contribution in [-0.4, -0.2) is 41.2 Å². The van der Waals surface area contributed by atoms with Gasteiger partial charge in [-0.2, -0.15) is 0 Å². The molecule has 1 atom stereocenters. The van der Waals surface area contributed by atoms with Crippen LogP contribution < -0.4 is 4.90 Å². The Morgan fingerprint density at radius 2 is 1.56 bits per heavy atom. The lowest BCUT2D eigenvalue weighted by Crippen LogP contribution is -2.34. The van der Waals surface area contributed by atoms with E-state index in [1.165, 1.54) is 6.07 Å². The number of para-hydroxylation sites is 1. The molecule has 0 radical (unpaired) electrons. The fourth-order valence-electron chi connectivity index (χ4n) is 3.00. The maximum Gasteiger partial charge on any atom is 0.336 e. The summed E-state index contributed by atoms with van der Waals surface area (Å²) in [5.41, 5.74) is 1.34. The van der Waals surface area contributed by atoms with E-state index in [0.29, 0.717) is 18.5 Å². The van der Waals surface area contributed by atoms with Crippen LogP contribution in [0, 0.1) is 0 Å². The normalized spacial score (nSPS) is 11.8. The second-order valence-electron chi connectivity index (χ2n) is 6.56. The molecule has 5 heteroatoms. The van der Waals surface area contributed by atoms with E-state index < -0.39 is 12.1 Å². The van der Waals surface area contributed by atoms with Gasteiger partial charge in [-0.1, -0.05) is 50.6 Å². The van der Waals surface area contributed by atoms with Gasteiger partial charge >= 0.3 is 5.97 Å². The van der Waals surface area contributed by atoms with E-state index in [4.69, 9.17) is 0 Å². The average molecular weight is 369 g/mol. The first-order valence-electron chi connectivity index (χ1n) is 9.38. The maximum absolute atomic E-state index is 13.2. The summed E-state index contributed by atoms with van der Waals surface area (Å²) < 4.78 is 0. The molecule has 0 saturated carbocycles. The lowest BCUT2D eigenvalue weighted by atomic mass is 9.96. The summed E-state index contributed by atoms with van der Waals surface area (Å²) >= 11 is 0. The first kappa shape index (κ1) is 20.6. The number of ketones is 1. The molecule has 0 aromatic heterocycles. The molecule has 5 nitrogen and oxygen atoms in total. The number of benzene rings is 2. The largest absolute Gasteiger partial charge is 0.478 e. The van der Waals surface area contributed by atoms with Gasteiger partial charge in [0.2, 0.25) is 0 Å². The molecule has 0 aliphatic rings. The lowest BCUT2D eigenvalue weighted by Gasteiger charge is -2.29. The zero-order valence-corrected chi connectivity index (χ0v) is 15.9. The summed E-state index contributed by atoms with van der Waals surface area (Å²) in [6, 6.07) is 13.5. The van der Waals surface area contributed by atoms with Gasteiger partial charge in [-0.15, -0.1) is 0 Å². The van der Waals surface area contributed by atoms with Crippen LogP contribution in [0.5, 0.6) is 0 Å². The molecule has 0 amide bonds. The van der Waals surface area contributed by atoms with Gasteiger partial charge in [0.25, 0.3) is 0 Å². The number of aliphatic hydroxyl groups excluding tert-OH is 1. The molecular formula is C22H27NO4. The average Bonchev–Trinajstić information content (AvgIpc) is 2.70. The smallest absolute Gasteiger partial charge is 0.336 e. The molecule has 2 aromatic carbocycles. The highest BCUT2D eigenvalue weighted by molar-refractivity contribution is 6.16. The SMILES string of the molecule is CCCCN(CC(O)CC)c1ccccc1C(=O)c1ccccc1C(=O)O. The van der Waals surface area contributed by atoms with Crippen LogP contribution in [0.25, 0.3) is 0 Å². The Morgan fingerprint density at radius 1 is 0.963 bits per heavy atom. The third-order valence-electron chi connectivity index (χ3n) is 4.58. The summed E-state index contributed by atoms with van der Waals surface area (Å²) in [4.78, 5) is 26.7. The number of unbranched alkanes of at least 4 members (excludes halogenated alkanes) is 1. The van der Waals surface area contributed by atoms with Crippen molar-refractivity contribution in [2.24, 2.45) is 0 Å². The van der Waals surface area contributed by atoms with Crippen molar-refractivity contribution >= 4 is 17.4 Å². The Hall–Kier alpha value is -2.66. The molecule has 0 aliphatic carbocycles. The standard InChI is InChI=1S/C22H27NO4/c1-3-5-14-23(15-16(24)4-2)20-13-9-8-12-19(20)21(25)17-10-6-7-11-18(17)22(26)27/h6-13,16,24H,3-5,14-15H2,1-2H3,(H,26,27). The molecule has 0 fully saturated rings. The van der Waals surface area contributed by atoms with Gasteiger partial charge in [0.05, 0.1) is 11.7 Å². The molecule has 27 heavy (non-hydrogen) atoms. The van der Waals surface area contributed by atoms with Crippen LogP contribution in [0.3, 0.4) is 0 Å². The number of carboxylic acids is 1. The van der Waals surface area contributed by atoms with Crippen molar-refractivity contribution in [2.75, 3.05) is 18.0 Å². The van der Waals surface area contributed by atoms with Crippen LogP contribution in [0.1, 0.15) is 59.4 Å². The lowest BCUT2D eigenvalue weighted by molar-refractivity contribution is 0.0693. The van der Waals surface area contributed by atoms with E-state index in [2.05, 4.69) is 6.92 Å². The molecule has 144 valence electrons. The van der Waals surface area contributed by atoms with Gasteiger partial charge in [0.1, 0.15) is 0 Å². The Bertz CT molecular complexity index is 787. The number of carbonyl (C=O) groups excluding carboxylic acids is 1. The van der Waals surface area contributed by atoms with E-state index in [1.807, 2.05) is 24.0 Å². The van der Waals surface area contributed by atoms with Crippen LogP contribution >= 0.6 is 0 Å². The summed E-state index contributed by atoms with van der Waals surface area (Å²) in [6.07, 6.45) is 2.07. The Kier molecular flexibility index (Phi) is 7.55. The number of carboxylic acid groups (broad SMARTS) is 1. The van der Waals surface area contributed by atoms with Crippen molar-refractivity contribution in [2.45, 2.75) is 39.2 Å². The Balaban J connectivity index is 2.46. The van der Waals surface area contributed by atoms with E-state index >= 15 is 0 Å². The van der Waals surface area contributed by atoms with E-state index in [-0.39, 0.29) is 16.9 Å². The minimum Gasteiger partial charge on any atom is -0.478 e. The number of anilines is 1. The molecule has 0 bridgehead atoms. The zero-order chi connectivity index (χ0) is 19.8. The van der Waals surface area contributed by atoms with E-state index in [0.717, 1.165) is 25.1 Å². The second kappa shape index (κ2) is 9.88. The van der Waals surface area contributed by atoms with Crippen LogP contribution in [0.15, 0.2) is 48.5 Å². The first-order chi connectivity index (χ1) is 13.0. The summed E-state index contributed by atoms with van der Waals surface area (Å²) in [7, 11) is 0. The van der Waals surface area contributed by atoms with Gasteiger partial charge in [0.15, 0.2) is 5.78 Å². The van der Waals surface area contributed by atoms with Gasteiger partial charge in [0, 0.05) is 29.9 Å². The number of aliphatic hydroxyl groups is 1. The number of hydrogen-bond donors (Lipinski definition) is 2. The van der Waals surface area contributed by atoms with Crippen molar-refractivity contribution in [1.82, 2.24) is 0 Å². The molecule has 2 aromatic rings. The third-order valence-corrected chi connectivity index (χ3v) is 4.58. The number of hydrogen-bond acceptors (Lipinski definition) is 4. The molecule has 0 saturated heterocycles. The van der Waals surface area contributed by atoms with Crippen molar-refractivity contribution < 1.29 is 19.8 Å². The molecule has 2 rings (SSSR count). The predicted octanol–water partition coefficient (Wildman–Crippen LogP) is 3.99. The van der Waals surface area contributed by atoms with Gasteiger partial charge in [-0.3, -0.25) is 4.79 Å². The monoisotopic (exact) mass is 369 g/mol. The first-order valence-corrected chi connectivity index (χ1v) is 9.38. The van der Waals surface area contributed by atoms with Crippen LogP contribution in [-0.2, 0) is 0 Å². The summed E-state index contributed by atoms with van der Waals surface area (Å²) in [5, 5.41) is 19.6. The van der Waals surface area contributed by atoms with E-state index in [9.17, 15) is 19.8 Å². The molecular weight excluding hydrogens is 342 g/mol. The van der Waals surface area contributed by atoms with E-state index in [1.54, 1.807) is 30.3 Å². The van der Waals surface area contributed by atoms with Crippen molar-refractivity contribution in [3.05, 3.63) is 65.2 Å². The second-order valence-corrected chi connectivity index (χ2v) is 6.56. The Morgan fingerprint density at radius 3 is 2.15 bits per heavy atom. The molecule has 0 aliphatic heterocycles. The fraction of sp³-hybridized carbons (Fsp3) is 0.364. The van der Waals surface area contributed by atoms with Crippen LogP contribution in [0.2, 0.25) is 0 Å². The Labute approximate surface area is 160 Å². The number of nitrogens with zero attached hydrogens (tertiary/aromatic N) is 1. The van der Waals surface area contributed by atoms with Crippen molar-refractivity contribution in [1.29, 1.82) is 0 Å². The topological polar surface area (TPSA) is 77.8 Å². The molecule has 1 unspecified atom stereocenters. The number of carbonyl (C=O) groups is 2. The highest BCUT2D eigenvalue weighted by Crippen LogP contribution is 2.26. The molecule has 2 N–H and O–H groups in total. The van der Waals surface area contributed by atoms with Crippen molar-refractivity contribution in [3.63, 3.8) is 0 Å². The summed E-state index contributed by atoms with van der Waals surface area (Å²) in [6.45, 7) is 5.16.